The summed E-state index contributed by atoms with van der Waals surface area (Å²) in [7, 11) is -3.85. The first-order valence-electron chi connectivity index (χ1n) is 8.60. The number of benzene rings is 2. The van der Waals surface area contributed by atoms with E-state index in [-0.39, 0.29) is 38.9 Å². The molecular formula is C20H18N2O6S. The van der Waals surface area contributed by atoms with Gasteiger partial charge in [0.2, 0.25) is 11.4 Å². The Labute approximate surface area is 167 Å². The minimum absolute atomic E-state index is 0.0373. The van der Waals surface area contributed by atoms with Gasteiger partial charge in [-0.25, -0.2) is 8.42 Å². The number of rotatable bonds is 5. The molecule has 1 N–H and O–H groups in total. The lowest BCUT2D eigenvalue weighted by molar-refractivity contribution is -0.576. The van der Waals surface area contributed by atoms with Crippen molar-refractivity contribution in [3.8, 4) is 5.75 Å². The van der Waals surface area contributed by atoms with Crippen LogP contribution in [0, 0.1) is 5.21 Å². The van der Waals surface area contributed by atoms with Gasteiger partial charge in [-0.2, -0.15) is 4.73 Å². The first-order valence-corrected chi connectivity index (χ1v) is 10.3. The highest BCUT2D eigenvalue weighted by Gasteiger charge is 2.23. The highest BCUT2D eigenvalue weighted by molar-refractivity contribution is 7.90. The number of ether oxygens (including phenoxy) is 1. The molecule has 1 amide bonds. The van der Waals surface area contributed by atoms with E-state index in [1.165, 1.54) is 50.4 Å². The van der Waals surface area contributed by atoms with Crippen LogP contribution < -0.4 is 14.8 Å². The molecule has 0 aliphatic carbocycles. The van der Waals surface area contributed by atoms with Crippen LogP contribution >= 0.6 is 0 Å². The number of carbonyl (C=O) groups is 2. The van der Waals surface area contributed by atoms with Crippen LogP contribution in [0.4, 0.5) is 5.69 Å². The Bertz CT molecular complexity index is 1220. The van der Waals surface area contributed by atoms with Crippen molar-refractivity contribution < 1.29 is 27.5 Å². The number of nitrogens with zero attached hydrogens (tertiary/aromatic N) is 1. The van der Waals surface area contributed by atoms with Gasteiger partial charge in [0.1, 0.15) is 11.4 Å². The monoisotopic (exact) mass is 414 g/mol. The lowest BCUT2D eigenvalue weighted by Gasteiger charge is -2.12. The van der Waals surface area contributed by atoms with Crippen molar-refractivity contribution in [1.29, 1.82) is 0 Å². The molecule has 150 valence electrons. The molecule has 29 heavy (non-hydrogen) atoms. The summed E-state index contributed by atoms with van der Waals surface area (Å²) in [5, 5.41) is 15.0. The number of nitrogens with one attached hydrogen (secondary N) is 1. The molecule has 0 aliphatic rings. The van der Waals surface area contributed by atoms with Crippen LogP contribution in [0.1, 0.15) is 19.4 Å². The normalized spacial score (nSPS) is 11.2. The van der Waals surface area contributed by atoms with Crippen molar-refractivity contribution in [2.75, 3.05) is 5.32 Å². The first-order chi connectivity index (χ1) is 13.7. The zero-order valence-electron chi connectivity index (χ0n) is 15.7. The second kappa shape index (κ2) is 7.88. The van der Waals surface area contributed by atoms with Crippen molar-refractivity contribution in [2.45, 2.75) is 24.5 Å². The summed E-state index contributed by atoms with van der Waals surface area (Å²) in [5.41, 5.74) is 0.699. The number of sulfone groups is 1. The van der Waals surface area contributed by atoms with Gasteiger partial charge in [-0.1, -0.05) is 12.1 Å². The van der Waals surface area contributed by atoms with Crippen LogP contribution in [-0.4, -0.2) is 20.3 Å². The fourth-order valence-electron chi connectivity index (χ4n) is 3.00. The lowest BCUT2D eigenvalue weighted by Crippen LogP contribution is -2.28. The zero-order valence-corrected chi connectivity index (χ0v) is 16.5. The number of esters is 1. The van der Waals surface area contributed by atoms with Gasteiger partial charge in [0, 0.05) is 19.9 Å². The number of hydrogen-bond donors (Lipinski definition) is 1. The van der Waals surface area contributed by atoms with Crippen molar-refractivity contribution in [3.63, 3.8) is 0 Å². The van der Waals surface area contributed by atoms with Crippen LogP contribution in [0.5, 0.6) is 5.75 Å². The molecule has 0 spiro atoms. The largest absolute Gasteiger partial charge is 0.618 e. The highest BCUT2D eigenvalue weighted by Crippen LogP contribution is 2.29. The third-order valence-corrected chi connectivity index (χ3v) is 5.78. The second-order valence-corrected chi connectivity index (χ2v) is 8.35. The number of hydrogen-bond acceptors (Lipinski definition) is 6. The van der Waals surface area contributed by atoms with Crippen LogP contribution in [0.15, 0.2) is 59.6 Å². The third-order valence-electron chi connectivity index (χ3n) is 4.04. The predicted molar refractivity (Wildman–Crippen MR) is 106 cm³/mol. The molecule has 0 fully saturated rings. The van der Waals surface area contributed by atoms with E-state index in [1.807, 2.05) is 0 Å². The molecular weight excluding hydrogens is 396 g/mol. The van der Waals surface area contributed by atoms with E-state index in [0.29, 0.717) is 10.3 Å². The smallest absolute Gasteiger partial charge is 0.308 e. The first kappa shape index (κ1) is 20.3. The minimum Gasteiger partial charge on any atom is -0.618 e. The fourth-order valence-corrected chi connectivity index (χ4v) is 4.55. The maximum atomic E-state index is 13.1. The second-order valence-electron chi connectivity index (χ2n) is 6.39. The van der Waals surface area contributed by atoms with Gasteiger partial charge >= 0.3 is 5.97 Å². The van der Waals surface area contributed by atoms with Crippen molar-refractivity contribution >= 4 is 38.3 Å². The van der Waals surface area contributed by atoms with Crippen molar-refractivity contribution in [3.05, 3.63) is 65.5 Å². The van der Waals surface area contributed by atoms with E-state index in [0.717, 1.165) is 0 Å². The Morgan fingerprint density at radius 3 is 2.55 bits per heavy atom. The SMILES string of the molecule is CC(=O)Nc1ccc(S(=O)(=O)Cc2cccc(OC(C)=O)c2)c2ccc[n+]([O-])c12. The molecule has 1 heterocycles. The molecule has 8 nitrogen and oxygen atoms in total. The third kappa shape index (κ3) is 4.52. The number of pyridine rings is 1. The molecule has 0 saturated carbocycles. The maximum Gasteiger partial charge on any atom is 0.308 e. The lowest BCUT2D eigenvalue weighted by atomic mass is 10.2. The van der Waals surface area contributed by atoms with Crippen LogP contribution in [0.3, 0.4) is 0 Å². The molecule has 9 heteroatoms. The molecule has 0 bridgehead atoms. The maximum absolute atomic E-state index is 13.1. The molecule has 1 aromatic heterocycles. The zero-order chi connectivity index (χ0) is 21.2. The van der Waals surface area contributed by atoms with E-state index < -0.39 is 15.8 Å². The van der Waals surface area contributed by atoms with Crippen LogP contribution in [0.25, 0.3) is 10.9 Å². The molecule has 0 atom stereocenters. The van der Waals surface area contributed by atoms with Crippen LogP contribution in [0.2, 0.25) is 0 Å². The molecule has 2 aromatic carbocycles. The quantitative estimate of drug-likeness (QED) is 0.296. The number of aromatic nitrogens is 1. The summed E-state index contributed by atoms with van der Waals surface area (Å²) in [6.45, 7) is 2.55. The molecule has 0 aliphatic heterocycles. The Morgan fingerprint density at radius 1 is 1.10 bits per heavy atom. The number of fused-ring (bicyclic) bond motifs is 1. The van der Waals surface area contributed by atoms with E-state index in [4.69, 9.17) is 4.74 Å². The molecule has 0 saturated heterocycles. The highest BCUT2D eigenvalue weighted by atomic mass is 32.2. The van der Waals surface area contributed by atoms with Crippen molar-refractivity contribution in [1.82, 2.24) is 0 Å². The summed E-state index contributed by atoms with van der Waals surface area (Å²) in [5.74, 6) is -1.00. The van der Waals surface area contributed by atoms with E-state index in [1.54, 1.807) is 18.2 Å². The molecule has 3 aromatic rings. The van der Waals surface area contributed by atoms with Gasteiger partial charge in [0.05, 0.1) is 16.0 Å². The van der Waals surface area contributed by atoms with Gasteiger partial charge in [0.15, 0.2) is 16.0 Å². The van der Waals surface area contributed by atoms with Gasteiger partial charge < -0.3 is 15.3 Å². The standard InChI is InChI=1S/C20H18N2O6S/c1-13(23)21-18-8-9-19(17-7-4-10-22(25)20(17)18)29(26,27)12-15-5-3-6-16(11-15)28-14(2)24/h3-11H,12H2,1-2H3,(H,21,23). The topological polar surface area (TPSA) is 116 Å². The Morgan fingerprint density at radius 2 is 1.86 bits per heavy atom. The number of amides is 1. The van der Waals surface area contributed by atoms with Crippen LogP contribution in [-0.2, 0) is 25.2 Å². The Balaban J connectivity index is 2.07. The van der Waals surface area contributed by atoms with Crippen molar-refractivity contribution in [2.24, 2.45) is 0 Å². The van der Waals surface area contributed by atoms with Gasteiger partial charge in [-0.15, -0.1) is 0 Å². The summed E-state index contributed by atoms with van der Waals surface area (Å²) >= 11 is 0. The summed E-state index contributed by atoms with van der Waals surface area (Å²) < 4.78 is 31.7. The van der Waals surface area contributed by atoms with Gasteiger partial charge in [-0.05, 0) is 35.9 Å². The Kier molecular flexibility index (Phi) is 5.51. The van der Waals surface area contributed by atoms with E-state index in [2.05, 4.69) is 5.32 Å². The summed E-state index contributed by atoms with van der Waals surface area (Å²) in [4.78, 5) is 22.5. The van der Waals surface area contributed by atoms with Gasteiger partial charge in [-0.3, -0.25) is 9.59 Å². The summed E-state index contributed by atoms with van der Waals surface area (Å²) in [6, 6.07) is 11.9. The fraction of sp³-hybridized carbons (Fsp3) is 0.150. The average Bonchev–Trinajstić information content (AvgIpc) is 2.60. The predicted octanol–water partition coefficient (Wildman–Crippen LogP) is 2.33. The average molecular weight is 414 g/mol. The van der Waals surface area contributed by atoms with E-state index in [9.17, 15) is 23.2 Å². The number of anilines is 1. The van der Waals surface area contributed by atoms with Gasteiger partial charge in [0.25, 0.3) is 0 Å². The Hall–Kier alpha value is -3.46. The summed E-state index contributed by atoms with van der Waals surface area (Å²) in [6.07, 6.45) is 1.23. The minimum atomic E-state index is -3.85. The van der Waals surface area contributed by atoms with E-state index >= 15 is 0 Å². The molecule has 0 radical (unpaired) electrons. The molecule has 3 rings (SSSR count). The number of carbonyl (C=O) groups excluding carboxylic acids is 2. The molecule has 0 unspecified atom stereocenters.